The summed E-state index contributed by atoms with van der Waals surface area (Å²) in [5.41, 5.74) is 1.92. The van der Waals surface area contributed by atoms with Crippen LogP contribution in [0.1, 0.15) is 66.7 Å². The van der Waals surface area contributed by atoms with Crippen LogP contribution in [0, 0.1) is 12.3 Å². The average Bonchev–Trinajstić information content (AvgIpc) is 1.96. The van der Waals surface area contributed by atoms with Crippen molar-refractivity contribution in [3.05, 3.63) is 6.92 Å². The van der Waals surface area contributed by atoms with Crippen LogP contribution in [0.4, 0.5) is 0 Å². The number of nitrogens with zero attached hydrogens (tertiary/aromatic N) is 1. The van der Waals surface area contributed by atoms with Crippen LogP contribution in [0.15, 0.2) is 0 Å². The second kappa shape index (κ2) is 4.81. The van der Waals surface area contributed by atoms with Crippen LogP contribution < -0.4 is 0 Å². The molecule has 1 heterocycles. The molecule has 0 fully saturated rings. The zero-order valence-electron chi connectivity index (χ0n) is 11.9. The van der Waals surface area contributed by atoms with E-state index in [1.54, 1.807) is 5.71 Å². The molecule has 1 heteroatoms. The Morgan fingerprint density at radius 1 is 0.938 bits per heavy atom. The fourth-order valence-corrected chi connectivity index (χ4v) is 2.63. The standard InChI is InChI=1S/C15H29N/c1-14(2,3)13-11-9-7-8-10-12-16(13)15(4,5)6/h4,7-12H2,1-3,5-6H3/q+2. The van der Waals surface area contributed by atoms with E-state index in [2.05, 4.69) is 46.1 Å². The van der Waals surface area contributed by atoms with Crippen molar-refractivity contribution < 1.29 is 4.58 Å². The summed E-state index contributed by atoms with van der Waals surface area (Å²) in [4.78, 5) is 0. The van der Waals surface area contributed by atoms with Crippen LogP contribution in [0.25, 0.3) is 0 Å². The van der Waals surface area contributed by atoms with Crippen molar-refractivity contribution in [3.8, 4) is 0 Å². The summed E-state index contributed by atoms with van der Waals surface area (Å²) in [6.45, 7) is 17.0. The molecular formula is C15H29N+2. The van der Waals surface area contributed by atoms with E-state index in [0.29, 0.717) is 0 Å². The first-order valence-electron chi connectivity index (χ1n) is 6.72. The second-order valence-corrected chi connectivity index (χ2v) is 6.82. The van der Waals surface area contributed by atoms with Crippen molar-refractivity contribution in [3.63, 3.8) is 0 Å². The molecule has 0 radical (unpaired) electrons. The Labute approximate surface area is 102 Å². The van der Waals surface area contributed by atoms with Crippen molar-refractivity contribution in [2.45, 2.75) is 72.3 Å². The molecule has 0 aromatic carbocycles. The Kier molecular flexibility index (Phi) is 4.09. The summed E-state index contributed by atoms with van der Waals surface area (Å²) >= 11 is 0. The first-order chi connectivity index (χ1) is 7.23. The van der Waals surface area contributed by atoms with Gasteiger partial charge in [-0.25, -0.2) is 0 Å². The Bertz CT molecular complexity index is 232. The quantitative estimate of drug-likeness (QED) is 0.466. The lowest BCUT2D eigenvalue weighted by Gasteiger charge is -2.26. The van der Waals surface area contributed by atoms with Crippen molar-refractivity contribution >= 4 is 5.71 Å². The van der Waals surface area contributed by atoms with Gasteiger partial charge in [0, 0.05) is 32.1 Å². The molecule has 16 heavy (non-hydrogen) atoms. The van der Waals surface area contributed by atoms with Crippen molar-refractivity contribution in [2.75, 3.05) is 6.54 Å². The Morgan fingerprint density at radius 3 is 2.00 bits per heavy atom. The van der Waals surface area contributed by atoms with Crippen LogP contribution in [0.3, 0.4) is 0 Å². The molecule has 0 aliphatic carbocycles. The Morgan fingerprint density at radius 2 is 1.50 bits per heavy atom. The van der Waals surface area contributed by atoms with E-state index < -0.39 is 0 Å². The minimum Gasteiger partial charge on any atom is -0.193 e. The van der Waals surface area contributed by atoms with Gasteiger partial charge in [0.2, 0.25) is 0 Å². The molecule has 0 bridgehead atoms. The molecular weight excluding hydrogens is 194 g/mol. The van der Waals surface area contributed by atoms with E-state index in [1.165, 1.54) is 38.6 Å². The van der Waals surface area contributed by atoms with E-state index in [-0.39, 0.29) is 11.0 Å². The van der Waals surface area contributed by atoms with Gasteiger partial charge in [-0.3, -0.25) is 0 Å². The van der Waals surface area contributed by atoms with E-state index in [4.69, 9.17) is 0 Å². The Hall–Kier alpha value is -0.460. The van der Waals surface area contributed by atoms with E-state index in [1.807, 2.05) is 0 Å². The average molecular weight is 223 g/mol. The maximum atomic E-state index is 4.34. The van der Waals surface area contributed by atoms with Gasteiger partial charge in [0.15, 0.2) is 5.71 Å². The maximum Gasteiger partial charge on any atom is 0.282 e. The minimum atomic E-state index is 0.0277. The monoisotopic (exact) mass is 223 g/mol. The molecule has 0 aromatic rings. The van der Waals surface area contributed by atoms with Crippen molar-refractivity contribution in [2.24, 2.45) is 5.41 Å². The molecule has 1 aliphatic heterocycles. The first kappa shape index (κ1) is 13.6. The second-order valence-electron chi connectivity index (χ2n) is 6.82. The lowest BCUT2D eigenvalue weighted by Crippen LogP contribution is -2.43. The van der Waals surface area contributed by atoms with Gasteiger partial charge >= 0.3 is 0 Å². The van der Waals surface area contributed by atoms with Gasteiger partial charge in [-0.15, -0.1) is 0 Å². The van der Waals surface area contributed by atoms with Gasteiger partial charge in [0.25, 0.3) is 5.54 Å². The summed E-state index contributed by atoms with van der Waals surface area (Å²) in [5.74, 6) is 0. The van der Waals surface area contributed by atoms with Crippen LogP contribution in [-0.4, -0.2) is 22.4 Å². The van der Waals surface area contributed by atoms with Gasteiger partial charge in [0.05, 0.1) is 0 Å². The number of rotatable bonds is 1. The van der Waals surface area contributed by atoms with Crippen LogP contribution in [-0.2, 0) is 0 Å². The lowest BCUT2D eigenvalue weighted by molar-refractivity contribution is -0.593. The lowest BCUT2D eigenvalue weighted by atomic mass is 9.84. The number of hydrogen-bond donors (Lipinski definition) is 0. The zero-order valence-corrected chi connectivity index (χ0v) is 11.9. The minimum absolute atomic E-state index is 0.0277. The van der Waals surface area contributed by atoms with Gasteiger partial charge in [-0.2, -0.15) is 4.58 Å². The summed E-state index contributed by atoms with van der Waals surface area (Å²) < 4.78 is 2.56. The van der Waals surface area contributed by atoms with Gasteiger partial charge in [-0.05, 0) is 12.8 Å². The molecule has 1 aliphatic rings. The summed E-state index contributed by atoms with van der Waals surface area (Å²) in [6.07, 6.45) is 6.69. The predicted molar refractivity (Wildman–Crippen MR) is 72.1 cm³/mol. The highest BCUT2D eigenvalue weighted by atomic mass is 15.1. The molecule has 0 atom stereocenters. The van der Waals surface area contributed by atoms with Gasteiger partial charge < -0.3 is 0 Å². The zero-order chi connectivity index (χ0) is 12.4. The molecule has 1 rings (SSSR count). The van der Waals surface area contributed by atoms with Gasteiger partial charge in [-0.1, -0.05) is 27.2 Å². The number of hydrogen-bond acceptors (Lipinski definition) is 0. The normalized spacial score (nSPS) is 20.6. The SMILES string of the molecule is [CH2+]C(C)(C)[N+]1=C(C(C)(C)C)CCCCCC1. The maximum absolute atomic E-state index is 4.34. The topological polar surface area (TPSA) is 3.01 Å². The Balaban J connectivity index is 3.12. The molecule has 0 N–H and O–H groups in total. The molecule has 1 nitrogen and oxygen atoms in total. The molecule has 0 saturated heterocycles. The highest BCUT2D eigenvalue weighted by Gasteiger charge is 2.38. The van der Waals surface area contributed by atoms with E-state index in [0.717, 1.165) is 0 Å². The molecule has 0 spiro atoms. The van der Waals surface area contributed by atoms with E-state index >= 15 is 0 Å². The molecule has 0 saturated carbocycles. The van der Waals surface area contributed by atoms with Crippen LogP contribution >= 0.6 is 0 Å². The van der Waals surface area contributed by atoms with Crippen molar-refractivity contribution in [1.82, 2.24) is 0 Å². The fraction of sp³-hybridized carbons (Fsp3) is 0.867. The first-order valence-corrected chi connectivity index (χ1v) is 6.72. The third-order valence-corrected chi connectivity index (χ3v) is 3.47. The van der Waals surface area contributed by atoms with Crippen LogP contribution in [0.2, 0.25) is 0 Å². The van der Waals surface area contributed by atoms with E-state index in [9.17, 15) is 0 Å². The summed E-state index contributed by atoms with van der Waals surface area (Å²) in [6, 6.07) is 0. The molecule has 0 amide bonds. The van der Waals surface area contributed by atoms with Crippen LogP contribution in [0.5, 0.6) is 0 Å². The molecule has 0 unspecified atom stereocenters. The molecule has 92 valence electrons. The largest absolute Gasteiger partial charge is 0.282 e. The third kappa shape index (κ3) is 3.54. The third-order valence-electron chi connectivity index (χ3n) is 3.47. The van der Waals surface area contributed by atoms with Gasteiger partial charge in [0.1, 0.15) is 13.5 Å². The summed E-state index contributed by atoms with van der Waals surface area (Å²) in [7, 11) is 0. The predicted octanol–water partition coefficient (Wildman–Crippen LogP) is 4.06. The highest BCUT2D eigenvalue weighted by molar-refractivity contribution is 5.85. The fourth-order valence-electron chi connectivity index (χ4n) is 2.63. The summed E-state index contributed by atoms with van der Waals surface area (Å²) in [5, 5.41) is 0. The van der Waals surface area contributed by atoms with Crippen molar-refractivity contribution in [1.29, 1.82) is 0 Å². The smallest absolute Gasteiger partial charge is 0.193 e. The molecule has 0 aromatic heterocycles. The highest BCUT2D eigenvalue weighted by Crippen LogP contribution is 2.25.